The second kappa shape index (κ2) is 6.24. The molecule has 112 valence electrons. The molecule has 1 aromatic heterocycles. The first-order valence-electron chi connectivity index (χ1n) is 6.80. The molecule has 1 unspecified atom stereocenters. The highest BCUT2D eigenvalue weighted by Crippen LogP contribution is 2.24. The highest BCUT2D eigenvalue weighted by molar-refractivity contribution is 9.10. The van der Waals surface area contributed by atoms with Gasteiger partial charge in [-0.25, -0.2) is 4.68 Å². The molecule has 0 aromatic carbocycles. The van der Waals surface area contributed by atoms with E-state index in [1.54, 1.807) is 6.20 Å². The molecule has 0 aliphatic carbocycles. The van der Waals surface area contributed by atoms with Gasteiger partial charge >= 0.3 is 0 Å². The van der Waals surface area contributed by atoms with Crippen LogP contribution in [-0.2, 0) is 6.54 Å². The first kappa shape index (κ1) is 15.5. The fraction of sp³-hybridized carbons (Fsp3) is 0.692. The van der Waals surface area contributed by atoms with E-state index >= 15 is 0 Å². The predicted molar refractivity (Wildman–Crippen MR) is 84.3 cm³/mol. The summed E-state index contributed by atoms with van der Waals surface area (Å²) in [5, 5.41) is 11.0. The topological polar surface area (TPSA) is 62.2 Å². The minimum Gasteiger partial charge on any atom is -0.376 e. The van der Waals surface area contributed by atoms with Crippen LogP contribution in [0.3, 0.4) is 0 Å². The van der Waals surface area contributed by atoms with Gasteiger partial charge in [-0.3, -0.25) is 4.79 Å². The van der Waals surface area contributed by atoms with Crippen molar-refractivity contribution in [2.45, 2.75) is 25.4 Å². The molecule has 1 aromatic rings. The fourth-order valence-corrected chi connectivity index (χ4v) is 2.66. The maximum absolute atomic E-state index is 12.3. The summed E-state index contributed by atoms with van der Waals surface area (Å²) in [6.45, 7) is 5.41. The summed E-state index contributed by atoms with van der Waals surface area (Å²) in [7, 11) is 3.95. The number of nitrogens with one attached hydrogen (secondary N) is 2. The standard InChI is InChI=1S/C13H22BrN5O/c1-13(4-5-15-9-13)17-10-8-16-19(7-6-18(2)3)12(20)11(10)14/h8,15,17H,4-7,9H2,1-3H3. The van der Waals surface area contributed by atoms with E-state index in [0.717, 1.165) is 31.7 Å². The smallest absolute Gasteiger partial charge is 0.283 e. The highest BCUT2D eigenvalue weighted by atomic mass is 79.9. The largest absolute Gasteiger partial charge is 0.376 e. The molecule has 1 saturated heterocycles. The van der Waals surface area contributed by atoms with Gasteiger partial charge < -0.3 is 15.5 Å². The highest BCUT2D eigenvalue weighted by Gasteiger charge is 2.29. The Hall–Kier alpha value is -0.920. The van der Waals surface area contributed by atoms with Crippen LogP contribution in [-0.4, -0.2) is 53.9 Å². The lowest BCUT2D eigenvalue weighted by Crippen LogP contribution is -2.38. The van der Waals surface area contributed by atoms with E-state index in [4.69, 9.17) is 0 Å². The molecule has 1 fully saturated rings. The Morgan fingerprint density at radius 3 is 2.95 bits per heavy atom. The monoisotopic (exact) mass is 343 g/mol. The van der Waals surface area contributed by atoms with Crippen molar-refractivity contribution in [3.8, 4) is 0 Å². The van der Waals surface area contributed by atoms with E-state index in [9.17, 15) is 4.79 Å². The Bertz CT molecular complexity index is 522. The molecular formula is C13H22BrN5O. The third-order valence-corrected chi connectivity index (χ3v) is 4.32. The lowest BCUT2D eigenvalue weighted by atomic mass is 10.0. The summed E-state index contributed by atoms with van der Waals surface area (Å²) < 4.78 is 2.05. The first-order valence-corrected chi connectivity index (χ1v) is 7.60. The maximum Gasteiger partial charge on any atom is 0.283 e. The minimum absolute atomic E-state index is 0.0214. The van der Waals surface area contributed by atoms with Crippen LogP contribution in [0.15, 0.2) is 15.5 Å². The number of likely N-dealkylation sites (N-methyl/N-ethyl adjacent to an activating group) is 1. The SMILES string of the molecule is CN(C)CCn1ncc(NC2(C)CCNC2)c(Br)c1=O. The molecule has 2 rings (SSSR count). The summed E-state index contributed by atoms with van der Waals surface area (Å²) in [5.41, 5.74) is 0.653. The van der Waals surface area contributed by atoms with Crippen LogP contribution in [0.4, 0.5) is 5.69 Å². The molecule has 0 bridgehead atoms. The number of halogens is 1. The van der Waals surface area contributed by atoms with Gasteiger partial charge in [0.15, 0.2) is 0 Å². The van der Waals surface area contributed by atoms with Crippen molar-refractivity contribution >= 4 is 21.6 Å². The molecule has 2 heterocycles. The number of nitrogens with zero attached hydrogens (tertiary/aromatic N) is 3. The van der Waals surface area contributed by atoms with E-state index in [1.165, 1.54) is 4.68 Å². The van der Waals surface area contributed by atoms with Crippen LogP contribution in [0.1, 0.15) is 13.3 Å². The van der Waals surface area contributed by atoms with Gasteiger partial charge in [0.25, 0.3) is 5.56 Å². The summed E-state index contributed by atoms with van der Waals surface area (Å²) in [6.07, 6.45) is 2.76. The average molecular weight is 344 g/mol. The van der Waals surface area contributed by atoms with Crippen LogP contribution >= 0.6 is 15.9 Å². The van der Waals surface area contributed by atoms with Crippen molar-refractivity contribution in [3.05, 3.63) is 21.0 Å². The van der Waals surface area contributed by atoms with Crippen molar-refractivity contribution in [1.82, 2.24) is 20.0 Å². The van der Waals surface area contributed by atoms with E-state index in [0.29, 0.717) is 11.0 Å². The molecule has 20 heavy (non-hydrogen) atoms. The Balaban J connectivity index is 2.16. The van der Waals surface area contributed by atoms with Crippen LogP contribution < -0.4 is 16.2 Å². The summed E-state index contributed by atoms with van der Waals surface area (Å²) in [5.74, 6) is 0. The molecule has 0 radical (unpaired) electrons. The molecule has 1 aliphatic heterocycles. The average Bonchev–Trinajstić information content (AvgIpc) is 2.81. The van der Waals surface area contributed by atoms with Crippen molar-refractivity contribution < 1.29 is 0 Å². The van der Waals surface area contributed by atoms with Crippen LogP contribution in [0.5, 0.6) is 0 Å². The van der Waals surface area contributed by atoms with Gasteiger partial charge in [-0.2, -0.15) is 5.10 Å². The second-order valence-electron chi connectivity index (χ2n) is 5.82. The minimum atomic E-state index is -0.0913. The van der Waals surface area contributed by atoms with Crippen molar-refractivity contribution in [2.24, 2.45) is 0 Å². The van der Waals surface area contributed by atoms with E-state index < -0.39 is 0 Å². The predicted octanol–water partition coefficient (Wildman–Crippen LogP) is 0.731. The Morgan fingerprint density at radius 1 is 1.60 bits per heavy atom. The number of hydrogen-bond donors (Lipinski definition) is 2. The van der Waals surface area contributed by atoms with Crippen molar-refractivity contribution in [1.29, 1.82) is 0 Å². The van der Waals surface area contributed by atoms with Crippen molar-refractivity contribution in [2.75, 3.05) is 39.0 Å². The number of hydrogen-bond acceptors (Lipinski definition) is 5. The van der Waals surface area contributed by atoms with Crippen LogP contribution in [0.25, 0.3) is 0 Å². The summed E-state index contributed by atoms with van der Waals surface area (Å²) in [4.78, 5) is 14.3. The molecule has 0 amide bonds. The zero-order valence-corrected chi connectivity index (χ0v) is 13.8. The van der Waals surface area contributed by atoms with Gasteiger partial charge in [0.2, 0.25) is 0 Å². The van der Waals surface area contributed by atoms with Gasteiger partial charge in [0.05, 0.1) is 18.4 Å². The zero-order valence-electron chi connectivity index (χ0n) is 12.2. The summed E-state index contributed by atoms with van der Waals surface area (Å²) >= 11 is 3.40. The van der Waals surface area contributed by atoms with E-state index in [1.807, 2.05) is 19.0 Å². The van der Waals surface area contributed by atoms with Gasteiger partial charge in [-0.1, -0.05) is 0 Å². The van der Waals surface area contributed by atoms with Crippen LogP contribution in [0, 0.1) is 0 Å². The summed E-state index contributed by atoms with van der Waals surface area (Å²) in [6, 6.07) is 0. The third-order valence-electron chi connectivity index (χ3n) is 3.55. The van der Waals surface area contributed by atoms with E-state index in [-0.39, 0.29) is 11.1 Å². The number of anilines is 1. The lowest BCUT2D eigenvalue weighted by molar-refractivity contribution is 0.367. The second-order valence-corrected chi connectivity index (χ2v) is 6.61. The Labute approximate surface area is 127 Å². The normalized spacial score (nSPS) is 22.4. The van der Waals surface area contributed by atoms with Gasteiger partial charge in [0, 0.05) is 18.6 Å². The van der Waals surface area contributed by atoms with Gasteiger partial charge in [0.1, 0.15) is 4.47 Å². The molecular weight excluding hydrogens is 322 g/mol. The molecule has 7 heteroatoms. The van der Waals surface area contributed by atoms with Gasteiger partial charge in [-0.05, 0) is 49.9 Å². The van der Waals surface area contributed by atoms with E-state index in [2.05, 4.69) is 38.6 Å². The molecule has 0 saturated carbocycles. The van der Waals surface area contributed by atoms with Crippen molar-refractivity contribution in [3.63, 3.8) is 0 Å². The van der Waals surface area contributed by atoms with Gasteiger partial charge in [-0.15, -0.1) is 0 Å². The number of rotatable bonds is 5. The Morgan fingerprint density at radius 2 is 2.35 bits per heavy atom. The van der Waals surface area contributed by atoms with Crippen LogP contribution in [0.2, 0.25) is 0 Å². The fourth-order valence-electron chi connectivity index (χ4n) is 2.25. The molecule has 2 N–H and O–H groups in total. The lowest BCUT2D eigenvalue weighted by Gasteiger charge is -2.26. The molecule has 6 nitrogen and oxygen atoms in total. The Kier molecular flexibility index (Phi) is 4.82. The quantitative estimate of drug-likeness (QED) is 0.825. The maximum atomic E-state index is 12.3. The third kappa shape index (κ3) is 3.59. The molecule has 1 aliphatic rings. The molecule has 1 atom stereocenters. The first-order chi connectivity index (χ1) is 9.41. The number of aromatic nitrogens is 2. The molecule has 0 spiro atoms. The zero-order chi connectivity index (χ0) is 14.8.